The molecule has 3 rings (SSSR count). The van der Waals surface area contributed by atoms with Gasteiger partial charge < -0.3 is 24.3 Å². The number of furan rings is 1. The molecular weight excluding hydrogens is 371 g/mol. The highest BCUT2D eigenvalue weighted by molar-refractivity contribution is 6.17. The summed E-state index contributed by atoms with van der Waals surface area (Å²) in [7, 11) is 1.32. The van der Waals surface area contributed by atoms with E-state index in [2.05, 4.69) is 0 Å². The number of hydrogen-bond donors (Lipinski definition) is 2. The van der Waals surface area contributed by atoms with Crippen LogP contribution in [0.1, 0.15) is 28.6 Å². The molecular formula is C17H14F3NO6. The van der Waals surface area contributed by atoms with Crippen molar-refractivity contribution in [1.29, 1.82) is 0 Å². The number of carbonyl (C=O) groups is 2. The van der Waals surface area contributed by atoms with Crippen LogP contribution in [0.3, 0.4) is 0 Å². The van der Waals surface area contributed by atoms with Crippen LogP contribution in [0.15, 0.2) is 28.9 Å². The Morgan fingerprint density at radius 2 is 2.00 bits per heavy atom. The number of hydrogen-bond acceptors (Lipinski definition) is 6. The number of halogens is 3. The van der Waals surface area contributed by atoms with E-state index in [1.807, 2.05) is 5.32 Å². The highest BCUT2D eigenvalue weighted by Crippen LogP contribution is 2.41. The minimum atomic E-state index is -5.21. The SMILES string of the molecule is COc1ccc(NC(=O)C(C)(O)C(F)(F)F)c2c1OCc1occc1C2=O. The number of carbonyl (C=O) groups excluding carboxylic acids is 2. The molecule has 0 spiro atoms. The van der Waals surface area contributed by atoms with Crippen molar-refractivity contribution in [2.45, 2.75) is 25.3 Å². The normalized spacial score (nSPS) is 15.7. The van der Waals surface area contributed by atoms with E-state index in [1.165, 1.54) is 31.6 Å². The minimum absolute atomic E-state index is 0.0571. The number of benzene rings is 1. The van der Waals surface area contributed by atoms with Gasteiger partial charge in [0.05, 0.1) is 30.2 Å². The van der Waals surface area contributed by atoms with Crippen molar-refractivity contribution >= 4 is 17.4 Å². The Labute approximate surface area is 150 Å². The molecule has 1 aromatic heterocycles. The largest absolute Gasteiger partial charge is 0.493 e. The lowest BCUT2D eigenvalue weighted by atomic mass is 10.00. The maximum Gasteiger partial charge on any atom is 0.426 e. The van der Waals surface area contributed by atoms with E-state index >= 15 is 0 Å². The highest BCUT2D eigenvalue weighted by Gasteiger charge is 2.56. The van der Waals surface area contributed by atoms with Crippen molar-refractivity contribution in [3.05, 3.63) is 41.3 Å². The van der Waals surface area contributed by atoms with Gasteiger partial charge in [-0.2, -0.15) is 13.2 Å². The topological polar surface area (TPSA) is 98.0 Å². The highest BCUT2D eigenvalue weighted by atomic mass is 19.4. The molecule has 1 aliphatic rings. The van der Waals surface area contributed by atoms with Crippen LogP contribution in [0.2, 0.25) is 0 Å². The van der Waals surface area contributed by atoms with Gasteiger partial charge in [-0.15, -0.1) is 0 Å². The third-order valence-corrected chi connectivity index (χ3v) is 4.15. The number of ketones is 1. The van der Waals surface area contributed by atoms with E-state index in [-0.39, 0.29) is 40.7 Å². The lowest BCUT2D eigenvalue weighted by Gasteiger charge is -2.25. The first-order valence-corrected chi connectivity index (χ1v) is 7.63. The van der Waals surface area contributed by atoms with E-state index in [0.29, 0.717) is 6.92 Å². The first kappa shape index (κ1) is 18.8. The van der Waals surface area contributed by atoms with Gasteiger partial charge in [-0.25, -0.2) is 0 Å². The number of rotatable bonds is 3. The molecule has 27 heavy (non-hydrogen) atoms. The average molecular weight is 385 g/mol. The number of aliphatic hydroxyl groups is 1. The molecule has 0 saturated heterocycles. The molecule has 10 heteroatoms. The minimum Gasteiger partial charge on any atom is -0.493 e. The first-order valence-electron chi connectivity index (χ1n) is 7.63. The fourth-order valence-electron chi connectivity index (χ4n) is 2.50. The second-order valence-corrected chi connectivity index (χ2v) is 5.92. The number of fused-ring (bicyclic) bond motifs is 2. The Morgan fingerprint density at radius 3 is 2.63 bits per heavy atom. The summed E-state index contributed by atoms with van der Waals surface area (Å²) in [5.41, 5.74) is -3.99. The molecule has 0 aliphatic carbocycles. The summed E-state index contributed by atoms with van der Waals surface area (Å²) in [5.74, 6) is -2.07. The van der Waals surface area contributed by atoms with Gasteiger partial charge in [0.25, 0.3) is 5.91 Å². The molecule has 1 atom stereocenters. The molecule has 144 valence electrons. The van der Waals surface area contributed by atoms with Crippen LogP contribution in [0.4, 0.5) is 18.9 Å². The van der Waals surface area contributed by atoms with E-state index in [9.17, 15) is 27.9 Å². The Bertz CT molecular complexity index is 916. The Hall–Kier alpha value is -3.01. The Morgan fingerprint density at radius 1 is 1.30 bits per heavy atom. The van der Waals surface area contributed by atoms with Crippen molar-refractivity contribution in [1.82, 2.24) is 0 Å². The molecule has 1 aromatic carbocycles. The molecule has 0 radical (unpaired) electrons. The van der Waals surface area contributed by atoms with Gasteiger partial charge >= 0.3 is 6.18 Å². The summed E-state index contributed by atoms with van der Waals surface area (Å²) in [6, 6.07) is 3.89. The van der Waals surface area contributed by atoms with Gasteiger partial charge in [-0.1, -0.05) is 0 Å². The van der Waals surface area contributed by atoms with Crippen molar-refractivity contribution in [2.24, 2.45) is 0 Å². The number of methoxy groups -OCH3 is 1. The number of nitrogens with one attached hydrogen (secondary N) is 1. The van der Waals surface area contributed by atoms with Crippen LogP contribution in [0.25, 0.3) is 0 Å². The van der Waals surface area contributed by atoms with Gasteiger partial charge in [0.15, 0.2) is 17.3 Å². The van der Waals surface area contributed by atoms with Crippen LogP contribution in [-0.2, 0) is 11.4 Å². The van der Waals surface area contributed by atoms with Crippen LogP contribution in [0.5, 0.6) is 11.5 Å². The molecule has 1 amide bonds. The molecule has 1 aliphatic heterocycles. The summed E-state index contributed by atoms with van der Waals surface area (Å²) in [4.78, 5) is 24.9. The molecule has 1 unspecified atom stereocenters. The molecule has 0 fully saturated rings. The van der Waals surface area contributed by atoms with Crippen molar-refractivity contribution in [3.63, 3.8) is 0 Å². The summed E-state index contributed by atoms with van der Waals surface area (Å²) < 4.78 is 54.5. The maximum absolute atomic E-state index is 12.9. The van der Waals surface area contributed by atoms with Crippen molar-refractivity contribution in [3.8, 4) is 11.5 Å². The fourth-order valence-corrected chi connectivity index (χ4v) is 2.50. The van der Waals surface area contributed by atoms with Crippen molar-refractivity contribution in [2.75, 3.05) is 12.4 Å². The maximum atomic E-state index is 12.9. The summed E-state index contributed by atoms with van der Waals surface area (Å²) in [6.07, 6.45) is -3.94. The smallest absolute Gasteiger partial charge is 0.426 e. The number of amides is 1. The van der Waals surface area contributed by atoms with Gasteiger partial charge in [0, 0.05) is 0 Å². The van der Waals surface area contributed by atoms with Crippen LogP contribution < -0.4 is 14.8 Å². The Balaban J connectivity index is 2.09. The first-order chi connectivity index (χ1) is 12.6. The van der Waals surface area contributed by atoms with Crippen LogP contribution >= 0.6 is 0 Å². The molecule has 0 saturated carbocycles. The number of ether oxygens (including phenoxy) is 2. The van der Waals surface area contributed by atoms with Gasteiger partial charge in [-0.3, -0.25) is 9.59 Å². The second kappa shape index (κ2) is 6.31. The summed E-state index contributed by atoms with van der Waals surface area (Å²) in [5, 5.41) is 11.5. The predicted octanol–water partition coefficient (Wildman–Crippen LogP) is 2.66. The van der Waals surface area contributed by atoms with Gasteiger partial charge in [-0.05, 0) is 25.1 Å². The molecule has 2 N–H and O–H groups in total. The lowest BCUT2D eigenvalue weighted by molar-refractivity contribution is -0.242. The standard InChI is InChI=1S/C17H14F3NO6/c1-16(24,17(18,19)20)15(23)21-9-3-4-10(25-2)14-12(9)13(22)8-5-6-26-11(8)7-27-14/h3-6,24H,7H2,1-2H3,(H,21,23). The van der Waals surface area contributed by atoms with Gasteiger partial charge in [0.1, 0.15) is 6.61 Å². The summed E-state index contributed by atoms with van der Waals surface area (Å²) >= 11 is 0. The van der Waals surface area contributed by atoms with Gasteiger partial charge in [0.2, 0.25) is 11.4 Å². The molecule has 2 aromatic rings. The number of alkyl halides is 3. The summed E-state index contributed by atoms with van der Waals surface area (Å²) in [6.45, 7) is 0.201. The molecule has 2 heterocycles. The monoisotopic (exact) mass is 385 g/mol. The number of anilines is 1. The average Bonchev–Trinajstić information content (AvgIpc) is 3.01. The molecule has 0 bridgehead atoms. The zero-order valence-corrected chi connectivity index (χ0v) is 14.1. The lowest BCUT2D eigenvalue weighted by Crippen LogP contribution is -2.52. The quantitative estimate of drug-likeness (QED) is 0.843. The zero-order chi connectivity index (χ0) is 20.0. The zero-order valence-electron chi connectivity index (χ0n) is 14.1. The van der Waals surface area contributed by atoms with E-state index in [4.69, 9.17) is 13.9 Å². The van der Waals surface area contributed by atoms with Crippen molar-refractivity contribution < 1.29 is 41.8 Å². The molecule has 7 nitrogen and oxygen atoms in total. The third-order valence-electron chi connectivity index (χ3n) is 4.15. The predicted molar refractivity (Wildman–Crippen MR) is 84.8 cm³/mol. The van der Waals surface area contributed by atoms with Crippen LogP contribution in [0, 0.1) is 0 Å². The van der Waals surface area contributed by atoms with E-state index < -0.39 is 23.5 Å². The van der Waals surface area contributed by atoms with Crippen LogP contribution in [-0.4, -0.2) is 35.7 Å². The third kappa shape index (κ3) is 3.01. The Kier molecular flexibility index (Phi) is 4.38. The second-order valence-electron chi connectivity index (χ2n) is 5.92. The van der Waals surface area contributed by atoms with E-state index in [1.54, 1.807) is 0 Å². The van der Waals surface area contributed by atoms with E-state index in [0.717, 1.165) is 0 Å². The fraction of sp³-hybridized carbons (Fsp3) is 0.294.